The first-order chi connectivity index (χ1) is 8.25. The van der Waals surface area contributed by atoms with Crippen molar-refractivity contribution in [2.24, 2.45) is 5.10 Å². The number of rotatable bonds is 3. The van der Waals surface area contributed by atoms with Gasteiger partial charge in [-0.1, -0.05) is 12.1 Å². The molecule has 4 nitrogen and oxygen atoms in total. The number of hydrogen-bond donors (Lipinski definition) is 1. The maximum absolute atomic E-state index is 12.8. The van der Waals surface area contributed by atoms with E-state index in [-0.39, 0.29) is 11.6 Å². The van der Waals surface area contributed by atoms with Crippen LogP contribution in [0.25, 0.3) is 0 Å². The van der Waals surface area contributed by atoms with Crippen LogP contribution in [0.4, 0.5) is 4.39 Å². The van der Waals surface area contributed by atoms with Crippen LogP contribution in [-0.2, 0) is 0 Å². The predicted molar refractivity (Wildman–Crippen MR) is 60.2 cm³/mol. The average molecular weight is 232 g/mol. The summed E-state index contributed by atoms with van der Waals surface area (Å²) < 4.78 is 17.7. The lowest BCUT2D eigenvalue weighted by Crippen LogP contribution is -2.16. The Balaban J connectivity index is 1.96. The van der Waals surface area contributed by atoms with E-state index in [0.29, 0.717) is 5.56 Å². The van der Waals surface area contributed by atoms with Crippen LogP contribution >= 0.6 is 0 Å². The van der Waals surface area contributed by atoms with Gasteiger partial charge >= 0.3 is 5.91 Å². The Bertz CT molecular complexity index is 535. The van der Waals surface area contributed by atoms with E-state index in [2.05, 4.69) is 10.5 Å². The quantitative estimate of drug-likeness (QED) is 0.651. The standard InChI is InChI=1S/C12H9FN2O2/c13-10-4-1-3-9(7-10)8-14-15-12(16)11-5-2-6-17-11/h1-8H,(H,15,16)/b14-8+. The fourth-order valence-corrected chi connectivity index (χ4v) is 1.22. The summed E-state index contributed by atoms with van der Waals surface area (Å²) in [6, 6.07) is 9.00. The van der Waals surface area contributed by atoms with Gasteiger partial charge in [-0.05, 0) is 29.8 Å². The molecule has 0 aliphatic carbocycles. The van der Waals surface area contributed by atoms with Crippen LogP contribution in [-0.4, -0.2) is 12.1 Å². The van der Waals surface area contributed by atoms with E-state index >= 15 is 0 Å². The van der Waals surface area contributed by atoms with E-state index in [9.17, 15) is 9.18 Å². The minimum absolute atomic E-state index is 0.168. The van der Waals surface area contributed by atoms with Crippen molar-refractivity contribution >= 4 is 12.1 Å². The van der Waals surface area contributed by atoms with Crippen molar-refractivity contribution in [3.05, 3.63) is 59.8 Å². The van der Waals surface area contributed by atoms with E-state index < -0.39 is 5.91 Å². The van der Waals surface area contributed by atoms with Crippen LogP contribution in [0, 0.1) is 5.82 Å². The molecule has 1 amide bonds. The monoisotopic (exact) mass is 232 g/mol. The smallest absolute Gasteiger partial charge is 0.307 e. The SMILES string of the molecule is O=C(N/N=C/c1cccc(F)c1)c1ccco1. The molecule has 0 bridgehead atoms. The van der Waals surface area contributed by atoms with Crippen LogP contribution in [0.3, 0.4) is 0 Å². The third kappa shape index (κ3) is 3.01. The van der Waals surface area contributed by atoms with Crippen LogP contribution in [0.1, 0.15) is 16.1 Å². The molecule has 17 heavy (non-hydrogen) atoms. The Hall–Kier alpha value is -2.43. The van der Waals surface area contributed by atoms with Crippen LogP contribution in [0.2, 0.25) is 0 Å². The van der Waals surface area contributed by atoms with E-state index in [1.54, 1.807) is 18.2 Å². The van der Waals surface area contributed by atoms with E-state index in [0.717, 1.165) is 0 Å². The Morgan fingerprint density at radius 3 is 2.94 bits per heavy atom. The molecule has 0 atom stereocenters. The average Bonchev–Trinajstić information content (AvgIpc) is 2.82. The zero-order valence-corrected chi connectivity index (χ0v) is 8.76. The van der Waals surface area contributed by atoms with Gasteiger partial charge in [-0.2, -0.15) is 5.10 Å². The van der Waals surface area contributed by atoms with E-state index in [4.69, 9.17) is 4.42 Å². The molecule has 5 heteroatoms. The second-order valence-electron chi connectivity index (χ2n) is 3.23. The second kappa shape index (κ2) is 5.07. The molecule has 0 fully saturated rings. The van der Waals surface area contributed by atoms with Crippen molar-refractivity contribution in [3.8, 4) is 0 Å². The number of hydrogen-bond acceptors (Lipinski definition) is 3. The van der Waals surface area contributed by atoms with Gasteiger partial charge in [0.05, 0.1) is 12.5 Å². The Morgan fingerprint density at radius 1 is 1.35 bits per heavy atom. The summed E-state index contributed by atoms with van der Waals surface area (Å²) in [4.78, 5) is 11.4. The van der Waals surface area contributed by atoms with Crippen molar-refractivity contribution in [2.45, 2.75) is 0 Å². The summed E-state index contributed by atoms with van der Waals surface area (Å²) >= 11 is 0. The third-order valence-corrected chi connectivity index (χ3v) is 1.97. The van der Waals surface area contributed by atoms with Crippen molar-refractivity contribution in [3.63, 3.8) is 0 Å². The first-order valence-electron chi connectivity index (χ1n) is 4.88. The van der Waals surface area contributed by atoms with Crippen molar-refractivity contribution < 1.29 is 13.6 Å². The molecule has 0 aliphatic rings. The Kier molecular flexibility index (Phi) is 3.30. The molecule has 0 saturated carbocycles. The van der Waals surface area contributed by atoms with Gasteiger partial charge in [-0.15, -0.1) is 0 Å². The van der Waals surface area contributed by atoms with Gasteiger partial charge in [0.15, 0.2) is 5.76 Å². The Morgan fingerprint density at radius 2 is 2.24 bits per heavy atom. The minimum Gasteiger partial charge on any atom is -0.459 e. The topological polar surface area (TPSA) is 54.6 Å². The zero-order chi connectivity index (χ0) is 12.1. The highest BCUT2D eigenvalue weighted by Gasteiger charge is 2.05. The molecule has 0 aliphatic heterocycles. The highest BCUT2D eigenvalue weighted by atomic mass is 19.1. The highest BCUT2D eigenvalue weighted by Crippen LogP contribution is 2.01. The first-order valence-corrected chi connectivity index (χ1v) is 4.88. The van der Waals surface area contributed by atoms with Gasteiger partial charge in [0.1, 0.15) is 5.82 Å². The maximum Gasteiger partial charge on any atom is 0.307 e. The molecule has 0 spiro atoms. The zero-order valence-electron chi connectivity index (χ0n) is 8.76. The number of amides is 1. The molecule has 1 aromatic carbocycles. The number of nitrogens with one attached hydrogen (secondary N) is 1. The van der Waals surface area contributed by atoms with Gasteiger partial charge in [-0.25, -0.2) is 9.82 Å². The highest BCUT2D eigenvalue weighted by molar-refractivity contribution is 5.92. The van der Waals surface area contributed by atoms with Crippen LogP contribution in [0.15, 0.2) is 52.2 Å². The number of halogens is 1. The van der Waals surface area contributed by atoms with E-state index in [1.165, 1.54) is 30.7 Å². The Labute approximate surface area is 96.8 Å². The van der Waals surface area contributed by atoms with Crippen molar-refractivity contribution in [1.29, 1.82) is 0 Å². The van der Waals surface area contributed by atoms with Gasteiger partial charge in [-0.3, -0.25) is 4.79 Å². The molecule has 86 valence electrons. The fraction of sp³-hybridized carbons (Fsp3) is 0. The molecule has 0 unspecified atom stereocenters. The number of nitrogens with zero attached hydrogens (tertiary/aromatic N) is 1. The lowest BCUT2D eigenvalue weighted by molar-refractivity contribution is 0.0927. The molecule has 0 radical (unpaired) electrons. The fourth-order valence-electron chi connectivity index (χ4n) is 1.22. The molecule has 0 saturated heterocycles. The van der Waals surface area contributed by atoms with Gasteiger partial charge in [0.2, 0.25) is 0 Å². The number of benzene rings is 1. The second-order valence-corrected chi connectivity index (χ2v) is 3.23. The first kappa shape index (κ1) is 11.1. The molecule has 1 heterocycles. The molecule has 1 aromatic heterocycles. The molecule has 2 aromatic rings. The summed E-state index contributed by atoms with van der Waals surface area (Å²) in [5.74, 6) is -0.643. The molecule has 2 rings (SSSR count). The summed E-state index contributed by atoms with van der Waals surface area (Å²) in [5, 5.41) is 3.69. The van der Waals surface area contributed by atoms with Crippen molar-refractivity contribution in [2.75, 3.05) is 0 Å². The molecular formula is C12H9FN2O2. The number of carbonyl (C=O) groups excluding carboxylic acids is 1. The lowest BCUT2D eigenvalue weighted by atomic mass is 10.2. The number of hydrazone groups is 1. The minimum atomic E-state index is -0.456. The normalized spacial score (nSPS) is 10.6. The van der Waals surface area contributed by atoms with Crippen molar-refractivity contribution in [1.82, 2.24) is 5.43 Å². The largest absolute Gasteiger partial charge is 0.459 e. The third-order valence-electron chi connectivity index (χ3n) is 1.97. The number of furan rings is 1. The van der Waals surface area contributed by atoms with Crippen LogP contribution in [0.5, 0.6) is 0 Å². The maximum atomic E-state index is 12.8. The molecular weight excluding hydrogens is 223 g/mol. The van der Waals surface area contributed by atoms with Gasteiger partial charge < -0.3 is 4.42 Å². The van der Waals surface area contributed by atoms with Gasteiger partial charge in [0.25, 0.3) is 0 Å². The number of carbonyl (C=O) groups is 1. The molecule has 1 N–H and O–H groups in total. The van der Waals surface area contributed by atoms with Gasteiger partial charge in [0, 0.05) is 0 Å². The predicted octanol–water partition coefficient (Wildman–Crippen LogP) is 2.18. The van der Waals surface area contributed by atoms with E-state index in [1.807, 2.05) is 0 Å². The summed E-state index contributed by atoms with van der Waals surface area (Å²) in [5.41, 5.74) is 2.83. The van der Waals surface area contributed by atoms with Crippen LogP contribution < -0.4 is 5.43 Å². The lowest BCUT2D eigenvalue weighted by Gasteiger charge is -1.95. The summed E-state index contributed by atoms with van der Waals surface area (Å²) in [6.07, 6.45) is 2.75. The summed E-state index contributed by atoms with van der Waals surface area (Å²) in [7, 11) is 0. The summed E-state index contributed by atoms with van der Waals surface area (Å²) in [6.45, 7) is 0.